The van der Waals surface area contributed by atoms with Crippen LogP contribution < -0.4 is 5.32 Å². The SMILES string of the molecule is CCCNCc1ccc(S(=O)(=O)N(C)CC(C)C)nc1. The van der Waals surface area contributed by atoms with Crippen LogP contribution in [0.2, 0.25) is 0 Å². The highest BCUT2D eigenvalue weighted by Gasteiger charge is 2.22. The average molecular weight is 299 g/mol. The van der Waals surface area contributed by atoms with Crippen molar-refractivity contribution in [3.05, 3.63) is 23.9 Å². The van der Waals surface area contributed by atoms with Gasteiger partial charge in [-0.2, -0.15) is 4.31 Å². The monoisotopic (exact) mass is 299 g/mol. The molecule has 0 radical (unpaired) electrons. The third-order valence-corrected chi connectivity index (χ3v) is 4.59. The summed E-state index contributed by atoms with van der Waals surface area (Å²) in [7, 11) is -1.88. The smallest absolute Gasteiger partial charge is 0.260 e. The second-order valence-corrected chi connectivity index (χ2v) is 7.35. The fraction of sp³-hybridized carbons (Fsp3) is 0.643. The Morgan fingerprint density at radius 3 is 2.55 bits per heavy atom. The Balaban J connectivity index is 2.76. The Morgan fingerprint density at radius 2 is 2.05 bits per heavy atom. The van der Waals surface area contributed by atoms with Gasteiger partial charge < -0.3 is 5.32 Å². The van der Waals surface area contributed by atoms with Crippen LogP contribution in [0, 0.1) is 5.92 Å². The first-order valence-corrected chi connectivity index (χ1v) is 8.44. The maximum atomic E-state index is 12.3. The van der Waals surface area contributed by atoms with Crippen molar-refractivity contribution in [2.45, 2.75) is 38.8 Å². The van der Waals surface area contributed by atoms with Gasteiger partial charge in [0.15, 0.2) is 5.03 Å². The Bertz CT molecular complexity index is 498. The number of sulfonamides is 1. The molecule has 0 aliphatic rings. The summed E-state index contributed by atoms with van der Waals surface area (Å²) in [6.45, 7) is 8.22. The lowest BCUT2D eigenvalue weighted by Crippen LogP contribution is -2.31. The maximum absolute atomic E-state index is 12.3. The van der Waals surface area contributed by atoms with Gasteiger partial charge in [0.2, 0.25) is 0 Å². The first kappa shape index (κ1) is 17.1. The molecule has 0 saturated carbocycles. The molecule has 0 unspecified atom stereocenters. The predicted octanol–water partition coefficient (Wildman–Crippen LogP) is 1.86. The third-order valence-electron chi connectivity index (χ3n) is 2.85. The predicted molar refractivity (Wildman–Crippen MR) is 80.9 cm³/mol. The van der Waals surface area contributed by atoms with E-state index in [0.29, 0.717) is 13.1 Å². The van der Waals surface area contributed by atoms with E-state index in [1.165, 1.54) is 4.31 Å². The van der Waals surface area contributed by atoms with Crippen molar-refractivity contribution in [3.63, 3.8) is 0 Å². The molecular weight excluding hydrogens is 274 g/mol. The summed E-state index contributed by atoms with van der Waals surface area (Å²) in [4.78, 5) is 4.09. The molecule has 0 aliphatic heterocycles. The fourth-order valence-corrected chi connectivity index (χ4v) is 3.09. The summed E-state index contributed by atoms with van der Waals surface area (Å²) >= 11 is 0. The first-order chi connectivity index (χ1) is 9.37. The van der Waals surface area contributed by atoms with Gasteiger partial charge in [-0.15, -0.1) is 0 Å². The summed E-state index contributed by atoms with van der Waals surface area (Å²) in [5.74, 6) is 0.285. The van der Waals surface area contributed by atoms with Crippen LogP contribution in [0.15, 0.2) is 23.4 Å². The van der Waals surface area contributed by atoms with Gasteiger partial charge in [0.25, 0.3) is 10.0 Å². The van der Waals surface area contributed by atoms with E-state index >= 15 is 0 Å². The topological polar surface area (TPSA) is 62.3 Å². The minimum atomic E-state index is -3.47. The van der Waals surface area contributed by atoms with Crippen molar-refractivity contribution in [1.82, 2.24) is 14.6 Å². The molecule has 1 rings (SSSR count). The average Bonchev–Trinajstić information content (AvgIpc) is 2.39. The molecule has 0 aliphatic carbocycles. The maximum Gasteiger partial charge on any atom is 0.260 e. The van der Waals surface area contributed by atoms with E-state index in [2.05, 4.69) is 17.2 Å². The van der Waals surface area contributed by atoms with Gasteiger partial charge in [0, 0.05) is 26.3 Å². The van der Waals surface area contributed by atoms with Crippen LogP contribution in [0.5, 0.6) is 0 Å². The van der Waals surface area contributed by atoms with Gasteiger partial charge in [0.1, 0.15) is 0 Å². The highest BCUT2D eigenvalue weighted by molar-refractivity contribution is 7.89. The zero-order valence-corrected chi connectivity index (χ0v) is 13.6. The summed E-state index contributed by atoms with van der Waals surface area (Å²) in [6, 6.07) is 3.39. The van der Waals surface area contributed by atoms with E-state index in [-0.39, 0.29) is 10.9 Å². The molecule has 0 atom stereocenters. The van der Waals surface area contributed by atoms with E-state index in [1.807, 2.05) is 19.9 Å². The van der Waals surface area contributed by atoms with Gasteiger partial charge in [-0.05, 0) is 30.5 Å². The van der Waals surface area contributed by atoms with Gasteiger partial charge in [-0.1, -0.05) is 26.8 Å². The van der Waals surface area contributed by atoms with Crippen LogP contribution in [0.3, 0.4) is 0 Å². The summed E-state index contributed by atoms with van der Waals surface area (Å²) < 4.78 is 25.9. The lowest BCUT2D eigenvalue weighted by Gasteiger charge is -2.18. The molecule has 6 heteroatoms. The van der Waals surface area contributed by atoms with E-state index in [1.54, 1.807) is 19.3 Å². The summed E-state index contributed by atoms with van der Waals surface area (Å²) in [5, 5.41) is 3.37. The molecule has 0 aromatic carbocycles. The molecule has 1 heterocycles. The van der Waals surface area contributed by atoms with Crippen molar-refractivity contribution in [2.24, 2.45) is 5.92 Å². The number of pyridine rings is 1. The number of nitrogens with one attached hydrogen (secondary N) is 1. The van der Waals surface area contributed by atoms with Crippen LogP contribution in [0.25, 0.3) is 0 Å². The van der Waals surface area contributed by atoms with Gasteiger partial charge in [-0.25, -0.2) is 13.4 Å². The summed E-state index contributed by atoms with van der Waals surface area (Å²) in [5.41, 5.74) is 0.990. The Labute approximate surface area is 122 Å². The number of hydrogen-bond acceptors (Lipinski definition) is 4. The van der Waals surface area contributed by atoms with Crippen LogP contribution in [-0.4, -0.2) is 37.8 Å². The van der Waals surface area contributed by atoms with E-state index in [9.17, 15) is 8.42 Å². The second kappa shape index (κ2) is 7.71. The molecule has 1 N–H and O–H groups in total. The van der Waals surface area contributed by atoms with Crippen molar-refractivity contribution < 1.29 is 8.42 Å². The largest absolute Gasteiger partial charge is 0.313 e. The fourth-order valence-electron chi connectivity index (χ4n) is 1.85. The second-order valence-electron chi connectivity index (χ2n) is 5.36. The molecular formula is C14H25N3O2S. The zero-order valence-electron chi connectivity index (χ0n) is 12.8. The molecule has 0 spiro atoms. The molecule has 20 heavy (non-hydrogen) atoms. The molecule has 114 valence electrons. The van der Waals surface area contributed by atoms with Crippen molar-refractivity contribution >= 4 is 10.0 Å². The first-order valence-electron chi connectivity index (χ1n) is 7.00. The van der Waals surface area contributed by atoms with Crippen molar-refractivity contribution in [3.8, 4) is 0 Å². The van der Waals surface area contributed by atoms with Crippen LogP contribution in [0.1, 0.15) is 32.8 Å². The molecule has 0 bridgehead atoms. The molecule has 0 amide bonds. The van der Waals surface area contributed by atoms with Crippen LogP contribution in [0.4, 0.5) is 0 Å². The van der Waals surface area contributed by atoms with Gasteiger partial charge in [-0.3, -0.25) is 0 Å². The molecule has 5 nitrogen and oxygen atoms in total. The highest BCUT2D eigenvalue weighted by atomic mass is 32.2. The van der Waals surface area contributed by atoms with E-state index in [0.717, 1.165) is 18.5 Å². The standard InChI is InChI=1S/C14H25N3O2S/c1-5-8-15-9-13-6-7-14(16-10-13)20(18,19)17(4)11-12(2)3/h6-7,10,12,15H,5,8-9,11H2,1-4H3. The van der Waals surface area contributed by atoms with Gasteiger partial charge in [0.05, 0.1) is 0 Å². The molecule has 0 fully saturated rings. The summed E-state index contributed by atoms with van der Waals surface area (Å²) in [6.07, 6.45) is 2.69. The number of hydrogen-bond donors (Lipinski definition) is 1. The van der Waals surface area contributed by atoms with Crippen molar-refractivity contribution in [2.75, 3.05) is 20.1 Å². The van der Waals surface area contributed by atoms with Crippen LogP contribution in [-0.2, 0) is 16.6 Å². The molecule has 1 aromatic rings. The lowest BCUT2D eigenvalue weighted by molar-refractivity contribution is 0.415. The number of aromatic nitrogens is 1. The van der Waals surface area contributed by atoms with Gasteiger partial charge >= 0.3 is 0 Å². The Morgan fingerprint density at radius 1 is 1.35 bits per heavy atom. The van der Waals surface area contributed by atoms with Crippen molar-refractivity contribution in [1.29, 1.82) is 0 Å². The Kier molecular flexibility index (Phi) is 6.58. The molecule has 0 saturated heterocycles. The zero-order chi connectivity index (χ0) is 15.2. The lowest BCUT2D eigenvalue weighted by atomic mass is 10.2. The van der Waals surface area contributed by atoms with E-state index < -0.39 is 10.0 Å². The third kappa shape index (κ3) is 4.85. The number of nitrogens with zero attached hydrogens (tertiary/aromatic N) is 2. The Hall–Kier alpha value is -0.980. The quantitative estimate of drug-likeness (QED) is 0.744. The normalized spacial score (nSPS) is 12.3. The highest BCUT2D eigenvalue weighted by Crippen LogP contribution is 2.13. The minimum absolute atomic E-state index is 0.111. The minimum Gasteiger partial charge on any atom is -0.313 e. The van der Waals surface area contributed by atoms with E-state index in [4.69, 9.17) is 0 Å². The van der Waals surface area contributed by atoms with Crippen LogP contribution >= 0.6 is 0 Å². The molecule has 1 aromatic heterocycles. The number of rotatable bonds is 8.